The van der Waals surface area contributed by atoms with Crippen molar-refractivity contribution in [2.24, 2.45) is 0 Å². The van der Waals surface area contributed by atoms with Crippen molar-refractivity contribution < 1.29 is 0 Å². The summed E-state index contributed by atoms with van der Waals surface area (Å²) >= 11 is 3.80. The first-order chi connectivity index (χ1) is 19.8. The molecule has 0 N–H and O–H groups in total. The molecular weight excluding hydrogens is 523 g/mol. The van der Waals surface area contributed by atoms with Gasteiger partial charge in [0.15, 0.2) is 0 Å². The number of nitrogens with zero attached hydrogens (tertiary/aromatic N) is 1. The molecule has 40 heavy (non-hydrogen) atoms. The first kappa shape index (κ1) is 22.3. The van der Waals surface area contributed by atoms with Crippen LogP contribution in [0.15, 0.2) is 127 Å². The van der Waals surface area contributed by atoms with Gasteiger partial charge in [0, 0.05) is 73.2 Å². The average Bonchev–Trinajstić information content (AvgIpc) is 3.60. The number of thiophene rings is 2. The Balaban J connectivity index is 1.54. The van der Waals surface area contributed by atoms with E-state index < -0.39 is 0 Å². The van der Waals surface area contributed by atoms with Gasteiger partial charge in [-0.05, 0) is 24.3 Å². The minimum absolute atomic E-state index is 1.03. The molecule has 0 unspecified atom stereocenters. The molecule has 0 bridgehead atoms. The van der Waals surface area contributed by atoms with Gasteiger partial charge in [0.25, 0.3) is 0 Å². The Morgan fingerprint density at radius 1 is 0.425 bits per heavy atom. The molecule has 0 saturated carbocycles. The van der Waals surface area contributed by atoms with Crippen LogP contribution in [-0.4, -0.2) is 4.98 Å². The van der Waals surface area contributed by atoms with E-state index in [1.807, 2.05) is 22.7 Å². The van der Waals surface area contributed by atoms with Crippen molar-refractivity contribution in [2.75, 3.05) is 0 Å². The van der Waals surface area contributed by atoms with Crippen molar-refractivity contribution in [3.05, 3.63) is 127 Å². The summed E-state index contributed by atoms with van der Waals surface area (Å²) in [4.78, 5) is 5.28. The minimum Gasteiger partial charge on any atom is -0.247 e. The molecule has 9 aromatic rings. The quantitative estimate of drug-likeness (QED) is 0.198. The van der Waals surface area contributed by atoms with Gasteiger partial charge in [-0.2, -0.15) is 0 Å². The van der Waals surface area contributed by atoms with Gasteiger partial charge in [0.1, 0.15) is 0 Å². The Hall–Kier alpha value is -4.57. The Kier molecular flexibility index (Phi) is 4.71. The van der Waals surface area contributed by atoms with E-state index in [0.717, 1.165) is 16.8 Å². The monoisotopic (exact) mass is 543 g/mol. The van der Waals surface area contributed by atoms with Gasteiger partial charge in [0.05, 0.1) is 11.2 Å². The fourth-order valence-electron chi connectivity index (χ4n) is 6.31. The summed E-state index contributed by atoms with van der Waals surface area (Å²) in [6.45, 7) is 0. The van der Waals surface area contributed by atoms with E-state index in [-0.39, 0.29) is 0 Å². The van der Waals surface area contributed by atoms with E-state index in [0.29, 0.717) is 0 Å². The molecule has 1 nitrogen and oxygen atoms in total. The second kappa shape index (κ2) is 8.46. The Labute approximate surface area is 238 Å². The number of hydrogen-bond donors (Lipinski definition) is 0. The summed E-state index contributed by atoms with van der Waals surface area (Å²) in [5.74, 6) is 0. The summed E-state index contributed by atoms with van der Waals surface area (Å²) in [6, 6.07) is 46.1. The topological polar surface area (TPSA) is 12.9 Å². The van der Waals surface area contributed by atoms with E-state index in [1.54, 1.807) is 0 Å². The number of aromatic nitrogens is 1. The maximum absolute atomic E-state index is 5.28. The number of fused-ring (bicyclic) bond motifs is 10. The van der Waals surface area contributed by atoms with Crippen molar-refractivity contribution in [2.45, 2.75) is 0 Å². The zero-order valence-electron chi connectivity index (χ0n) is 21.4. The fourth-order valence-corrected chi connectivity index (χ4v) is 8.78. The lowest BCUT2D eigenvalue weighted by molar-refractivity contribution is 1.43. The Morgan fingerprint density at radius 3 is 1.93 bits per heavy atom. The van der Waals surface area contributed by atoms with E-state index in [1.165, 1.54) is 67.6 Å². The summed E-state index contributed by atoms with van der Waals surface area (Å²) in [5.41, 5.74) is 5.80. The largest absolute Gasteiger partial charge is 0.247 e. The van der Waals surface area contributed by atoms with Crippen LogP contribution in [0.4, 0.5) is 0 Å². The van der Waals surface area contributed by atoms with Crippen LogP contribution in [-0.2, 0) is 0 Å². The average molecular weight is 544 g/mol. The van der Waals surface area contributed by atoms with E-state index >= 15 is 0 Å². The van der Waals surface area contributed by atoms with Gasteiger partial charge in [-0.15, -0.1) is 22.7 Å². The Morgan fingerprint density at radius 2 is 1.07 bits per heavy atom. The molecule has 3 heteroatoms. The molecule has 0 aliphatic carbocycles. The van der Waals surface area contributed by atoms with Gasteiger partial charge >= 0.3 is 0 Å². The third kappa shape index (κ3) is 3.10. The lowest BCUT2D eigenvalue weighted by Gasteiger charge is -2.15. The predicted molar refractivity (Wildman–Crippen MR) is 176 cm³/mol. The molecule has 0 amide bonds. The molecule has 0 radical (unpaired) electrons. The molecule has 186 valence electrons. The smallest absolute Gasteiger partial charge is 0.0788 e. The molecule has 0 spiro atoms. The molecule has 0 atom stereocenters. The predicted octanol–water partition coefficient (Wildman–Crippen LogP) is 11.5. The van der Waals surface area contributed by atoms with Crippen molar-refractivity contribution >= 4 is 84.7 Å². The molecule has 3 aromatic heterocycles. The molecule has 0 aliphatic heterocycles. The molecule has 0 fully saturated rings. The van der Waals surface area contributed by atoms with Gasteiger partial charge in [0.2, 0.25) is 0 Å². The number of para-hydroxylation sites is 1. The standard InChI is InChI=1S/C37H21NS2/c1-2-11-22(12-3-1)35-29-21-28(25-17-10-16-24-23-13-5-8-19-31(23)39-36(24)25)37-34(27-15-6-9-20-32(27)40-37)33(29)26-14-4-7-18-30(26)38-35/h1-21H. The van der Waals surface area contributed by atoms with E-state index in [9.17, 15) is 0 Å². The molecule has 0 aliphatic rings. The van der Waals surface area contributed by atoms with Crippen LogP contribution in [0.3, 0.4) is 0 Å². The lowest BCUT2D eigenvalue weighted by atomic mass is 9.92. The number of pyridine rings is 1. The second-order valence-corrected chi connectivity index (χ2v) is 12.4. The van der Waals surface area contributed by atoms with E-state index in [2.05, 4.69) is 127 Å². The normalized spacial score (nSPS) is 12.0. The van der Waals surface area contributed by atoms with E-state index in [4.69, 9.17) is 4.98 Å². The first-order valence-electron chi connectivity index (χ1n) is 13.5. The summed E-state index contributed by atoms with van der Waals surface area (Å²) in [5, 5.41) is 9.01. The minimum atomic E-state index is 1.03. The number of hydrogen-bond acceptors (Lipinski definition) is 3. The van der Waals surface area contributed by atoms with Gasteiger partial charge in [-0.1, -0.05) is 103 Å². The highest BCUT2D eigenvalue weighted by atomic mass is 32.1. The van der Waals surface area contributed by atoms with Crippen molar-refractivity contribution in [1.82, 2.24) is 4.98 Å². The first-order valence-corrected chi connectivity index (χ1v) is 15.1. The van der Waals surface area contributed by atoms with Crippen LogP contribution in [0.5, 0.6) is 0 Å². The second-order valence-electron chi connectivity index (χ2n) is 10.3. The zero-order valence-corrected chi connectivity index (χ0v) is 23.0. The molecule has 0 saturated heterocycles. The third-order valence-electron chi connectivity index (χ3n) is 8.05. The highest BCUT2D eigenvalue weighted by Gasteiger charge is 2.21. The lowest BCUT2D eigenvalue weighted by Crippen LogP contribution is -1.92. The number of benzene rings is 6. The maximum Gasteiger partial charge on any atom is 0.0788 e. The SMILES string of the molecule is c1ccc(-c2nc3ccccc3c3c2cc(-c2cccc4c2sc2ccccc24)c2sc4ccccc4c23)cc1. The maximum atomic E-state index is 5.28. The van der Waals surface area contributed by atoms with Crippen molar-refractivity contribution in [3.63, 3.8) is 0 Å². The van der Waals surface area contributed by atoms with Crippen LogP contribution in [0.2, 0.25) is 0 Å². The van der Waals surface area contributed by atoms with Crippen LogP contribution < -0.4 is 0 Å². The van der Waals surface area contributed by atoms with Crippen LogP contribution in [0, 0.1) is 0 Å². The summed E-state index contributed by atoms with van der Waals surface area (Å²) < 4.78 is 5.33. The Bertz CT molecular complexity index is 2430. The summed E-state index contributed by atoms with van der Waals surface area (Å²) in [7, 11) is 0. The molecule has 6 aromatic carbocycles. The zero-order chi connectivity index (χ0) is 26.2. The summed E-state index contributed by atoms with van der Waals surface area (Å²) in [6.07, 6.45) is 0. The molecule has 3 heterocycles. The van der Waals surface area contributed by atoms with Crippen molar-refractivity contribution in [3.8, 4) is 22.4 Å². The van der Waals surface area contributed by atoms with Gasteiger partial charge < -0.3 is 0 Å². The molecular formula is C37H21NS2. The number of rotatable bonds is 2. The van der Waals surface area contributed by atoms with Crippen molar-refractivity contribution in [1.29, 1.82) is 0 Å². The van der Waals surface area contributed by atoms with Crippen LogP contribution in [0.25, 0.3) is 84.4 Å². The molecule has 9 rings (SSSR count). The van der Waals surface area contributed by atoms with Gasteiger partial charge in [-0.3, -0.25) is 0 Å². The highest BCUT2D eigenvalue weighted by molar-refractivity contribution is 7.27. The third-order valence-corrected chi connectivity index (χ3v) is 10.5. The van der Waals surface area contributed by atoms with Crippen LogP contribution >= 0.6 is 22.7 Å². The fraction of sp³-hybridized carbons (Fsp3) is 0. The van der Waals surface area contributed by atoms with Crippen LogP contribution in [0.1, 0.15) is 0 Å². The highest BCUT2D eigenvalue weighted by Crippen LogP contribution is 2.50. The van der Waals surface area contributed by atoms with Gasteiger partial charge in [-0.25, -0.2) is 4.98 Å².